The van der Waals surface area contributed by atoms with Crippen LogP contribution in [0.4, 0.5) is 0 Å². The highest BCUT2D eigenvalue weighted by atomic mass is 32.1. The molecule has 1 aliphatic heterocycles. The number of para-hydroxylation sites is 2. The third-order valence-electron chi connectivity index (χ3n) is 13.8. The maximum atomic E-state index is 6.56. The van der Waals surface area contributed by atoms with E-state index in [9.17, 15) is 0 Å². The number of rotatable bonds is 5. The highest BCUT2D eigenvalue weighted by Gasteiger charge is 2.26. The van der Waals surface area contributed by atoms with Crippen molar-refractivity contribution in [2.45, 2.75) is 6.17 Å². The van der Waals surface area contributed by atoms with Crippen molar-refractivity contribution in [3.8, 4) is 16.8 Å². The lowest BCUT2D eigenvalue weighted by Crippen LogP contribution is -2.33. The van der Waals surface area contributed by atoms with Gasteiger partial charge in [-0.15, -0.1) is 22.7 Å². The molecule has 0 saturated carbocycles. The molecule has 1 atom stereocenters. The molecule has 318 valence electrons. The molecule has 1 N–H and O–H groups in total. The average Bonchev–Trinajstić information content (AvgIpc) is 4.16. The Bertz CT molecular complexity index is 4510. The van der Waals surface area contributed by atoms with Crippen LogP contribution in [0.2, 0.25) is 0 Å². The average molecular weight is 905 g/mol. The van der Waals surface area contributed by atoms with Crippen LogP contribution in [-0.4, -0.2) is 16.2 Å². The summed E-state index contributed by atoms with van der Waals surface area (Å²) in [5.41, 5.74) is 10.1. The van der Waals surface area contributed by atoms with E-state index in [4.69, 9.17) is 14.4 Å². The quantitative estimate of drug-likeness (QED) is 0.187. The van der Waals surface area contributed by atoms with E-state index >= 15 is 0 Å². The van der Waals surface area contributed by atoms with E-state index in [0.717, 1.165) is 72.3 Å². The van der Waals surface area contributed by atoms with Gasteiger partial charge in [-0.05, 0) is 125 Å². The lowest BCUT2D eigenvalue weighted by Gasteiger charge is -2.25. The van der Waals surface area contributed by atoms with Gasteiger partial charge in [0.25, 0.3) is 0 Å². The van der Waals surface area contributed by atoms with Crippen LogP contribution in [0, 0.1) is 0 Å². The van der Waals surface area contributed by atoms with E-state index in [2.05, 4.69) is 204 Å². The van der Waals surface area contributed by atoms with Crippen LogP contribution in [0.1, 0.15) is 22.9 Å². The van der Waals surface area contributed by atoms with Crippen LogP contribution < -0.4 is 5.32 Å². The number of furan rings is 1. The van der Waals surface area contributed by atoms with Crippen molar-refractivity contribution < 1.29 is 4.42 Å². The van der Waals surface area contributed by atoms with E-state index in [0.29, 0.717) is 5.84 Å². The summed E-state index contributed by atoms with van der Waals surface area (Å²) in [4.78, 5) is 11.1. The van der Waals surface area contributed by atoms with Crippen LogP contribution in [0.5, 0.6) is 0 Å². The molecular formula is C61H36N4OS2. The molecule has 7 heteroatoms. The summed E-state index contributed by atoms with van der Waals surface area (Å²) in [6, 6.07) is 74.5. The number of amidine groups is 2. The molecule has 0 amide bonds. The van der Waals surface area contributed by atoms with E-state index in [1.807, 2.05) is 34.8 Å². The molecule has 4 aromatic heterocycles. The van der Waals surface area contributed by atoms with Gasteiger partial charge in [0.2, 0.25) is 0 Å². The number of hydrogen-bond acceptors (Lipinski definition) is 6. The third kappa shape index (κ3) is 5.79. The second-order valence-electron chi connectivity index (χ2n) is 17.7. The lowest BCUT2D eigenvalue weighted by atomic mass is 9.96. The molecule has 1 aliphatic rings. The summed E-state index contributed by atoms with van der Waals surface area (Å²) in [5, 5.41) is 15.9. The first-order chi connectivity index (χ1) is 33.6. The van der Waals surface area contributed by atoms with Gasteiger partial charge in [0.1, 0.15) is 23.2 Å². The minimum atomic E-state index is -0.411. The van der Waals surface area contributed by atoms with E-state index in [1.54, 1.807) is 0 Å². The molecule has 5 nitrogen and oxygen atoms in total. The number of nitrogens with zero attached hydrogens (tertiary/aromatic N) is 3. The maximum Gasteiger partial charge on any atom is 0.160 e. The highest BCUT2D eigenvalue weighted by Crippen LogP contribution is 2.41. The summed E-state index contributed by atoms with van der Waals surface area (Å²) >= 11 is 3.65. The summed E-state index contributed by atoms with van der Waals surface area (Å²) in [7, 11) is 0. The molecule has 14 aromatic rings. The van der Waals surface area contributed by atoms with Gasteiger partial charge in [0.15, 0.2) is 5.84 Å². The second-order valence-corrected chi connectivity index (χ2v) is 19.9. The van der Waals surface area contributed by atoms with Gasteiger partial charge in [-0.1, -0.05) is 109 Å². The molecule has 68 heavy (non-hydrogen) atoms. The van der Waals surface area contributed by atoms with Crippen molar-refractivity contribution in [1.82, 2.24) is 9.88 Å². The molecule has 5 heterocycles. The Morgan fingerprint density at radius 2 is 1.07 bits per heavy atom. The largest absolute Gasteiger partial charge is 0.456 e. The number of benzene rings is 10. The number of hydrogen-bond donors (Lipinski definition) is 1. The zero-order valence-electron chi connectivity index (χ0n) is 36.3. The van der Waals surface area contributed by atoms with E-state index in [1.165, 1.54) is 61.9 Å². The molecule has 0 aliphatic carbocycles. The van der Waals surface area contributed by atoms with Gasteiger partial charge in [-0.25, -0.2) is 9.98 Å². The van der Waals surface area contributed by atoms with Crippen molar-refractivity contribution in [1.29, 1.82) is 0 Å². The summed E-state index contributed by atoms with van der Waals surface area (Å²) in [6.45, 7) is 0. The van der Waals surface area contributed by atoms with Gasteiger partial charge in [0, 0.05) is 78.7 Å². The second kappa shape index (κ2) is 14.6. The summed E-state index contributed by atoms with van der Waals surface area (Å²) in [5.74, 6) is 1.44. The van der Waals surface area contributed by atoms with Crippen LogP contribution in [0.25, 0.3) is 112 Å². The SMILES string of the molecule is c1ccc2cc3c(cc2c1)c1ccccc1n3-c1ccc(C2=NC(c3ccc4sc5ccccc5c4c3)NC(c3ccc4sc5ccccc5c4c3)=N2)c(-c2ccc3c(c2)oc2ccccc23)c1. The standard InChI is InChI=1S/C61H36N4OS2/c1-2-12-36-32-52-48(29-35(36)11-1)41-13-3-7-17-51(41)65(52)40-24-26-46(47(34-40)37-21-25-43-42-14-4-8-18-53(42)66-54(43)33-37)61-63-59(38-22-27-57-49(30-38)44-15-5-9-19-55(44)67-57)62-60(64-61)39-23-28-58-50(31-39)45-16-6-10-20-56(45)68-58/h1-34,59H,(H,62,63,64). The minimum absolute atomic E-state index is 0.411. The fourth-order valence-corrected chi connectivity index (χ4v) is 12.8. The fourth-order valence-electron chi connectivity index (χ4n) is 10.6. The van der Waals surface area contributed by atoms with E-state index < -0.39 is 6.17 Å². The summed E-state index contributed by atoms with van der Waals surface area (Å²) < 4.78 is 14.0. The molecule has 0 radical (unpaired) electrons. The number of nitrogens with one attached hydrogen (secondary N) is 1. The Hall–Kier alpha value is -8.36. The van der Waals surface area contributed by atoms with Gasteiger partial charge in [-0.3, -0.25) is 0 Å². The van der Waals surface area contributed by atoms with Gasteiger partial charge in [0.05, 0.1) is 11.0 Å². The molecule has 1 unspecified atom stereocenters. The van der Waals surface area contributed by atoms with Crippen molar-refractivity contribution in [3.63, 3.8) is 0 Å². The van der Waals surface area contributed by atoms with Crippen molar-refractivity contribution in [2.24, 2.45) is 9.98 Å². The number of thiophene rings is 2. The monoisotopic (exact) mass is 904 g/mol. The molecule has 0 spiro atoms. The smallest absolute Gasteiger partial charge is 0.160 e. The lowest BCUT2D eigenvalue weighted by molar-refractivity contribution is 0.669. The first-order valence-electron chi connectivity index (χ1n) is 22.9. The van der Waals surface area contributed by atoms with Crippen molar-refractivity contribution in [3.05, 3.63) is 223 Å². The van der Waals surface area contributed by atoms with Gasteiger partial charge < -0.3 is 14.3 Å². The topological polar surface area (TPSA) is 54.8 Å². The number of fused-ring (bicyclic) bond motifs is 13. The zero-order chi connectivity index (χ0) is 44.5. The maximum absolute atomic E-state index is 6.56. The third-order valence-corrected chi connectivity index (χ3v) is 16.1. The van der Waals surface area contributed by atoms with E-state index in [-0.39, 0.29) is 0 Å². The molecular weight excluding hydrogens is 869 g/mol. The molecule has 0 bridgehead atoms. The van der Waals surface area contributed by atoms with Crippen LogP contribution in [-0.2, 0) is 0 Å². The van der Waals surface area contributed by atoms with Gasteiger partial charge in [-0.2, -0.15) is 0 Å². The Kier molecular flexibility index (Phi) is 8.10. The number of aromatic nitrogens is 1. The zero-order valence-corrected chi connectivity index (χ0v) is 37.9. The first-order valence-corrected chi connectivity index (χ1v) is 24.5. The summed E-state index contributed by atoms with van der Waals surface area (Å²) in [6.07, 6.45) is -0.411. The fraction of sp³-hybridized carbons (Fsp3) is 0.0164. The molecule has 10 aromatic carbocycles. The minimum Gasteiger partial charge on any atom is -0.456 e. The Morgan fingerprint density at radius 1 is 0.426 bits per heavy atom. The normalized spacial score (nSPS) is 14.3. The van der Waals surface area contributed by atoms with Crippen molar-refractivity contribution in [2.75, 3.05) is 0 Å². The Labute approximate surface area is 397 Å². The van der Waals surface area contributed by atoms with Crippen molar-refractivity contribution >= 4 is 129 Å². The predicted molar refractivity (Wildman–Crippen MR) is 289 cm³/mol. The van der Waals surface area contributed by atoms with Gasteiger partial charge >= 0.3 is 0 Å². The number of aliphatic imine (C=N–C) groups is 2. The Balaban J connectivity index is 0.976. The predicted octanol–water partition coefficient (Wildman–Crippen LogP) is 16.7. The highest BCUT2D eigenvalue weighted by molar-refractivity contribution is 7.26. The van der Waals surface area contributed by atoms with Crippen LogP contribution in [0.15, 0.2) is 221 Å². The Morgan fingerprint density at radius 3 is 1.90 bits per heavy atom. The molecule has 0 fully saturated rings. The molecule has 0 saturated heterocycles. The first kappa shape index (κ1) is 37.8. The van der Waals surface area contributed by atoms with Crippen LogP contribution >= 0.6 is 22.7 Å². The molecule has 15 rings (SSSR count). The van der Waals surface area contributed by atoms with Crippen LogP contribution in [0.3, 0.4) is 0 Å².